The second-order valence-corrected chi connectivity index (χ2v) is 14.4. The van der Waals surface area contributed by atoms with Gasteiger partial charge in [-0.25, -0.2) is 9.18 Å². The summed E-state index contributed by atoms with van der Waals surface area (Å²) >= 11 is 14.1. The molecule has 3 saturated heterocycles. The zero-order valence-corrected chi connectivity index (χ0v) is 30.0. The van der Waals surface area contributed by atoms with Gasteiger partial charge in [0, 0.05) is 48.4 Å². The number of nitrogens with zero attached hydrogens (tertiary/aromatic N) is 2. The number of hydrogen-bond donors (Lipinski definition) is 1. The van der Waals surface area contributed by atoms with Crippen LogP contribution in [0.4, 0.5) is 4.39 Å². The number of aromatic nitrogens is 1. The fourth-order valence-corrected chi connectivity index (χ4v) is 7.93. The van der Waals surface area contributed by atoms with Gasteiger partial charge in [0.05, 0.1) is 30.7 Å². The smallest absolute Gasteiger partial charge is 0.348 e. The number of hydrogen-bond acceptors (Lipinski definition) is 10. The zero-order chi connectivity index (χ0) is 35.2. The topological polar surface area (TPSA) is 99.2 Å². The number of carbonyl (C=O) groups is 2. The predicted molar refractivity (Wildman–Crippen MR) is 190 cm³/mol. The van der Waals surface area contributed by atoms with Gasteiger partial charge in [0.15, 0.2) is 11.5 Å². The molecule has 9 nitrogen and oxygen atoms in total. The van der Waals surface area contributed by atoms with Gasteiger partial charge in [-0.3, -0.25) is 14.7 Å². The number of esters is 2. The van der Waals surface area contributed by atoms with Crippen molar-refractivity contribution < 1.29 is 32.9 Å². The molecule has 0 radical (unpaired) electrons. The van der Waals surface area contributed by atoms with E-state index in [4.69, 9.17) is 42.1 Å². The van der Waals surface area contributed by atoms with Crippen LogP contribution in [0.2, 0.25) is 10.0 Å². The van der Waals surface area contributed by atoms with E-state index in [-0.39, 0.29) is 31.5 Å². The third kappa shape index (κ3) is 8.58. The highest BCUT2D eigenvalue weighted by Crippen LogP contribution is 2.36. The van der Waals surface area contributed by atoms with Crippen molar-refractivity contribution in [2.24, 2.45) is 5.92 Å². The van der Waals surface area contributed by atoms with Crippen molar-refractivity contribution in [3.63, 3.8) is 0 Å². The monoisotopic (exact) mass is 741 g/mol. The summed E-state index contributed by atoms with van der Waals surface area (Å²) in [7, 11) is 3.07. The first-order valence-corrected chi connectivity index (χ1v) is 18.0. The Morgan fingerprint density at radius 2 is 1.76 bits per heavy atom. The third-order valence-corrected chi connectivity index (χ3v) is 11.0. The van der Waals surface area contributed by atoms with E-state index >= 15 is 0 Å². The summed E-state index contributed by atoms with van der Waals surface area (Å²) in [6.07, 6.45) is 4.26. The quantitative estimate of drug-likeness (QED) is 0.131. The fraction of sp³-hybridized carbons (Fsp3) is 0.378. The lowest BCUT2D eigenvalue weighted by Gasteiger charge is -2.44. The van der Waals surface area contributed by atoms with Crippen molar-refractivity contribution in [3.05, 3.63) is 109 Å². The molecule has 0 aliphatic carbocycles. The number of rotatable bonds is 14. The maximum absolute atomic E-state index is 15.0. The van der Waals surface area contributed by atoms with Crippen molar-refractivity contribution in [2.45, 2.75) is 50.5 Å². The van der Waals surface area contributed by atoms with Crippen LogP contribution in [-0.2, 0) is 27.2 Å². The zero-order valence-electron chi connectivity index (χ0n) is 27.7. The van der Waals surface area contributed by atoms with Gasteiger partial charge >= 0.3 is 11.9 Å². The normalized spacial score (nSPS) is 19.4. The van der Waals surface area contributed by atoms with E-state index in [1.165, 1.54) is 44.0 Å². The fourth-order valence-electron chi connectivity index (χ4n) is 6.57. The molecule has 0 spiro atoms. The van der Waals surface area contributed by atoms with Crippen LogP contribution in [0, 0.1) is 11.7 Å². The van der Waals surface area contributed by atoms with E-state index in [1.807, 2.05) is 0 Å². The first kappa shape index (κ1) is 36.1. The number of fused-ring (bicyclic) bond motifs is 3. The molecule has 50 heavy (non-hydrogen) atoms. The molecule has 1 unspecified atom stereocenters. The van der Waals surface area contributed by atoms with Crippen molar-refractivity contribution in [1.82, 2.24) is 15.2 Å². The second-order valence-electron chi connectivity index (χ2n) is 12.4. The van der Waals surface area contributed by atoms with Gasteiger partial charge in [-0.1, -0.05) is 47.5 Å². The molecule has 5 heterocycles. The molecule has 0 saturated carbocycles. The Morgan fingerprint density at radius 1 is 1.02 bits per heavy atom. The van der Waals surface area contributed by atoms with Crippen LogP contribution in [0.1, 0.15) is 62.6 Å². The lowest BCUT2D eigenvalue weighted by molar-refractivity contribution is -0.159. The molecule has 7 rings (SSSR count). The van der Waals surface area contributed by atoms with Gasteiger partial charge in [-0.2, -0.15) is 0 Å². The summed E-state index contributed by atoms with van der Waals surface area (Å²) in [5, 5.41) is 4.02. The lowest BCUT2D eigenvalue weighted by atomic mass is 9.86. The highest BCUT2D eigenvalue weighted by atomic mass is 35.5. The predicted octanol–water partition coefficient (Wildman–Crippen LogP) is 7.61. The molecule has 4 aromatic rings. The molecule has 13 heteroatoms. The van der Waals surface area contributed by atoms with Crippen LogP contribution in [0.3, 0.4) is 0 Å². The van der Waals surface area contributed by atoms with E-state index in [0.29, 0.717) is 49.0 Å². The average Bonchev–Trinajstić information content (AvgIpc) is 3.61. The van der Waals surface area contributed by atoms with Gasteiger partial charge in [-0.15, -0.1) is 11.3 Å². The maximum Gasteiger partial charge on any atom is 0.348 e. The maximum atomic E-state index is 15.0. The summed E-state index contributed by atoms with van der Waals surface area (Å²) in [5.41, 5.74) is 1.61. The molecule has 2 aromatic heterocycles. The number of pyridine rings is 1. The lowest BCUT2D eigenvalue weighted by Crippen LogP contribution is -2.52. The molecule has 0 amide bonds. The van der Waals surface area contributed by atoms with Gasteiger partial charge < -0.3 is 24.3 Å². The summed E-state index contributed by atoms with van der Waals surface area (Å²) in [4.78, 5) is 34.3. The van der Waals surface area contributed by atoms with E-state index in [0.717, 1.165) is 37.4 Å². The molecule has 1 N–H and O–H groups in total. The minimum absolute atomic E-state index is 0.0302. The highest BCUT2D eigenvalue weighted by Gasteiger charge is 2.37. The number of piperidine rings is 3. The number of nitrogens with one attached hydrogen (secondary N) is 1. The van der Waals surface area contributed by atoms with Crippen molar-refractivity contribution >= 4 is 46.5 Å². The van der Waals surface area contributed by atoms with E-state index < -0.39 is 23.9 Å². The summed E-state index contributed by atoms with van der Waals surface area (Å²) < 4.78 is 37.9. The standard InChI is InChI=1S/C37H38Cl2FN3O6S/c1-46-31-9-7-23(15-33(31)47-2)32(16-26-27(38)19-41-20-28(26)39)49-37(45)35-10-8-24(50-35)18-42-30(25-5-3-4-6-29(25)40)17-36(44)48-34-21-43-13-11-22(34)12-14-43/h3-10,15,19-20,22,30,32,34,42H,11-14,16-18,21H2,1-2H3/t30?,32-,34-/m0/s1. The van der Waals surface area contributed by atoms with Crippen molar-refractivity contribution in [3.8, 4) is 11.5 Å². The Morgan fingerprint density at radius 3 is 2.44 bits per heavy atom. The Balaban J connectivity index is 1.15. The molecular weight excluding hydrogens is 704 g/mol. The highest BCUT2D eigenvalue weighted by molar-refractivity contribution is 7.13. The SMILES string of the molecule is COc1ccc([C@H](Cc2c(Cl)cncc2Cl)OC(=O)c2ccc(CNC(CC(=O)O[C@H]3CN4CCC3CC4)c3ccccc3F)s2)cc1OC. The molecule has 2 bridgehead atoms. The Bertz CT molecular complexity index is 1800. The van der Waals surface area contributed by atoms with Gasteiger partial charge in [0.25, 0.3) is 0 Å². The van der Waals surface area contributed by atoms with E-state index in [2.05, 4.69) is 15.2 Å². The summed E-state index contributed by atoms with van der Waals surface area (Å²) in [6.45, 7) is 3.11. The van der Waals surface area contributed by atoms with Crippen LogP contribution >= 0.6 is 34.5 Å². The van der Waals surface area contributed by atoms with Crippen LogP contribution in [-0.4, -0.2) is 61.8 Å². The molecular formula is C37H38Cl2FN3O6S. The largest absolute Gasteiger partial charge is 0.493 e. The average molecular weight is 743 g/mol. The number of carbonyl (C=O) groups excluding carboxylic acids is 2. The minimum atomic E-state index is -0.781. The number of methoxy groups -OCH3 is 2. The van der Waals surface area contributed by atoms with E-state index in [1.54, 1.807) is 48.5 Å². The van der Waals surface area contributed by atoms with Crippen molar-refractivity contribution in [1.29, 1.82) is 0 Å². The first-order chi connectivity index (χ1) is 24.2. The number of halogens is 3. The van der Waals surface area contributed by atoms with Crippen LogP contribution in [0.15, 0.2) is 67.0 Å². The van der Waals surface area contributed by atoms with Gasteiger partial charge in [0.2, 0.25) is 0 Å². The summed E-state index contributed by atoms with van der Waals surface area (Å²) in [6, 6.07) is 14.5. The van der Waals surface area contributed by atoms with Crippen LogP contribution in [0.25, 0.3) is 0 Å². The Hall–Kier alpha value is -3.74. The second kappa shape index (κ2) is 16.5. The molecule has 3 fully saturated rings. The van der Waals surface area contributed by atoms with Crippen LogP contribution in [0.5, 0.6) is 11.5 Å². The molecule has 3 atom stereocenters. The van der Waals surface area contributed by atoms with Crippen LogP contribution < -0.4 is 14.8 Å². The molecule has 264 valence electrons. The Labute approximate surface area is 304 Å². The van der Waals surface area contributed by atoms with E-state index in [9.17, 15) is 14.0 Å². The Kier molecular flexibility index (Phi) is 11.9. The minimum Gasteiger partial charge on any atom is -0.493 e. The molecule has 2 aromatic carbocycles. The number of ether oxygens (including phenoxy) is 4. The number of thiophene rings is 1. The third-order valence-electron chi connectivity index (χ3n) is 9.29. The molecule has 3 aliphatic rings. The number of benzene rings is 2. The first-order valence-electron chi connectivity index (χ1n) is 16.4. The van der Waals surface area contributed by atoms with Crippen molar-refractivity contribution in [2.75, 3.05) is 33.9 Å². The molecule has 3 aliphatic heterocycles. The van der Waals surface area contributed by atoms with Gasteiger partial charge in [0.1, 0.15) is 22.9 Å². The van der Waals surface area contributed by atoms with Gasteiger partial charge in [-0.05, 0) is 73.3 Å². The summed E-state index contributed by atoms with van der Waals surface area (Å²) in [5.74, 6) is 0.0478.